The molecule has 0 unspecified atom stereocenters. The first-order valence-corrected chi connectivity index (χ1v) is 12.2. The molecule has 2 aromatic carbocycles. The number of hydrogen-bond donors (Lipinski definition) is 1. The van der Waals surface area contributed by atoms with Crippen molar-refractivity contribution in [1.82, 2.24) is 0 Å². The minimum Gasteiger partial charge on any atom is -0.465 e. The van der Waals surface area contributed by atoms with Gasteiger partial charge in [0.05, 0.1) is 23.3 Å². The number of para-hydroxylation sites is 1. The maximum Gasteiger partial charge on any atom is 0.341 e. The summed E-state index contributed by atoms with van der Waals surface area (Å²) in [6.07, 6.45) is 0.642. The number of fused-ring (bicyclic) bond motifs is 1. The minimum atomic E-state index is -3.83. The number of rotatable bonds is 5. The Labute approximate surface area is 190 Å². The fraction of sp³-hybridized carbons (Fsp3) is 0.217. The van der Waals surface area contributed by atoms with Gasteiger partial charge < -0.3 is 10.1 Å². The number of esters is 1. The van der Waals surface area contributed by atoms with Crippen molar-refractivity contribution in [3.63, 3.8) is 0 Å². The average molecular weight is 471 g/mol. The van der Waals surface area contributed by atoms with E-state index in [9.17, 15) is 18.0 Å². The van der Waals surface area contributed by atoms with Gasteiger partial charge in [0.1, 0.15) is 5.00 Å². The Hall–Kier alpha value is -3.17. The van der Waals surface area contributed by atoms with Crippen LogP contribution >= 0.6 is 11.3 Å². The first-order valence-electron chi connectivity index (χ1n) is 9.94. The molecule has 1 aliphatic heterocycles. The number of carbonyl (C=O) groups is 2. The van der Waals surface area contributed by atoms with E-state index in [2.05, 4.69) is 5.32 Å². The first-order chi connectivity index (χ1) is 15.2. The summed E-state index contributed by atoms with van der Waals surface area (Å²) >= 11 is 1.27. The molecule has 166 valence electrons. The summed E-state index contributed by atoms with van der Waals surface area (Å²) in [5, 5.41) is 3.11. The number of amides is 1. The zero-order valence-electron chi connectivity index (χ0n) is 17.8. The Morgan fingerprint density at radius 3 is 2.59 bits per heavy atom. The van der Waals surface area contributed by atoms with E-state index in [-0.39, 0.29) is 10.5 Å². The molecule has 0 fully saturated rings. The molecule has 4 rings (SSSR count). The van der Waals surface area contributed by atoms with E-state index >= 15 is 0 Å². The molecular weight excluding hydrogens is 448 g/mol. The summed E-state index contributed by atoms with van der Waals surface area (Å²) in [4.78, 5) is 26.0. The van der Waals surface area contributed by atoms with Crippen molar-refractivity contribution in [2.75, 3.05) is 23.3 Å². The van der Waals surface area contributed by atoms with Gasteiger partial charge in [-0.1, -0.05) is 24.3 Å². The summed E-state index contributed by atoms with van der Waals surface area (Å²) in [5.74, 6) is -1.04. The number of ether oxygens (including phenoxy) is 1. The average Bonchev–Trinajstić information content (AvgIpc) is 3.34. The molecule has 0 saturated heterocycles. The highest BCUT2D eigenvalue weighted by Crippen LogP contribution is 2.34. The van der Waals surface area contributed by atoms with Crippen molar-refractivity contribution in [3.05, 3.63) is 75.7 Å². The van der Waals surface area contributed by atoms with Crippen LogP contribution in [0.5, 0.6) is 0 Å². The lowest BCUT2D eigenvalue weighted by atomic mass is 10.1. The number of nitrogens with zero attached hydrogens (tertiary/aromatic N) is 1. The molecule has 0 saturated carbocycles. The maximum absolute atomic E-state index is 13.3. The molecule has 3 aromatic rings. The van der Waals surface area contributed by atoms with Gasteiger partial charge in [-0.25, -0.2) is 13.2 Å². The molecule has 7 nitrogen and oxygen atoms in total. The minimum absolute atomic E-state index is 0.0357. The van der Waals surface area contributed by atoms with Crippen LogP contribution in [0.4, 0.5) is 10.7 Å². The highest BCUT2D eigenvalue weighted by Gasteiger charge is 2.31. The Morgan fingerprint density at radius 2 is 1.84 bits per heavy atom. The number of hydrogen-bond acceptors (Lipinski definition) is 6. The monoisotopic (exact) mass is 470 g/mol. The molecular formula is C23H22N2O5S2. The second kappa shape index (κ2) is 8.40. The molecule has 0 aliphatic carbocycles. The predicted octanol–water partition coefficient (Wildman–Crippen LogP) is 4.16. The summed E-state index contributed by atoms with van der Waals surface area (Å²) in [6.45, 7) is 3.99. The lowest BCUT2D eigenvalue weighted by Crippen LogP contribution is -2.29. The van der Waals surface area contributed by atoms with E-state index in [1.54, 1.807) is 19.1 Å². The van der Waals surface area contributed by atoms with Crippen molar-refractivity contribution in [1.29, 1.82) is 0 Å². The number of nitrogens with one attached hydrogen (secondary N) is 1. The van der Waals surface area contributed by atoms with Crippen molar-refractivity contribution < 1.29 is 22.7 Å². The van der Waals surface area contributed by atoms with Gasteiger partial charge in [0.25, 0.3) is 15.9 Å². The molecule has 0 spiro atoms. The number of thiophene rings is 1. The zero-order chi connectivity index (χ0) is 23.0. The van der Waals surface area contributed by atoms with Crippen LogP contribution in [0.3, 0.4) is 0 Å². The molecule has 1 N–H and O–H groups in total. The molecule has 2 heterocycles. The number of anilines is 2. The van der Waals surface area contributed by atoms with Gasteiger partial charge in [0, 0.05) is 17.0 Å². The standard InChI is InChI=1S/C23H22N2O5S2/c1-14-15(2)31-22(20(14)23(27)30-3)24-21(26)17-8-6-9-18(13-17)32(28,29)25-12-11-16-7-4-5-10-19(16)25/h4-10,13H,11-12H2,1-3H3,(H,24,26). The number of methoxy groups -OCH3 is 1. The number of sulfonamides is 1. The van der Waals surface area contributed by atoms with Crippen LogP contribution in [0, 0.1) is 13.8 Å². The number of benzene rings is 2. The van der Waals surface area contributed by atoms with Crippen molar-refractivity contribution in [2.24, 2.45) is 0 Å². The highest BCUT2D eigenvalue weighted by molar-refractivity contribution is 7.92. The van der Waals surface area contributed by atoms with Crippen LogP contribution in [-0.2, 0) is 21.2 Å². The lowest BCUT2D eigenvalue weighted by molar-refractivity contribution is 0.0601. The number of carbonyl (C=O) groups excluding carboxylic acids is 2. The van der Waals surface area contributed by atoms with E-state index in [4.69, 9.17) is 4.74 Å². The van der Waals surface area contributed by atoms with Gasteiger partial charge in [-0.2, -0.15) is 0 Å². The molecule has 0 bridgehead atoms. The first kappa shape index (κ1) is 22.0. The fourth-order valence-electron chi connectivity index (χ4n) is 3.72. The Balaban J connectivity index is 1.64. The van der Waals surface area contributed by atoms with E-state index in [0.717, 1.165) is 16.0 Å². The van der Waals surface area contributed by atoms with E-state index in [0.29, 0.717) is 29.2 Å². The second-order valence-corrected chi connectivity index (χ2v) is 10.5. The molecule has 32 heavy (non-hydrogen) atoms. The Kier molecular flexibility index (Phi) is 5.79. The van der Waals surface area contributed by atoms with Gasteiger partial charge in [0.2, 0.25) is 0 Å². The third-order valence-corrected chi connectivity index (χ3v) is 8.46. The van der Waals surface area contributed by atoms with Gasteiger partial charge in [-0.15, -0.1) is 11.3 Å². The SMILES string of the molecule is COC(=O)c1c(NC(=O)c2cccc(S(=O)(=O)N3CCc4ccccc43)c2)sc(C)c1C. The van der Waals surface area contributed by atoms with E-state index in [1.807, 2.05) is 19.1 Å². The highest BCUT2D eigenvalue weighted by atomic mass is 32.2. The van der Waals surface area contributed by atoms with Crippen molar-refractivity contribution in [2.45, 2.75) is 25.2 Å². The van der Waals surface area contributed by atoms with Crippen molar-refractivity contribution >= 4 is 43.9 Å². The van der Waals surface area contributed by atoms with E-state index in [1.165, 1.54) is 47.0 Å². The predicted molar refractivity (Wildman–Crippen MR) is 124 cm³/mol. The quantitative estimate of drug-likeness (QED) is 0.566. The van der Waals surface area contributed by atoms with Gasteiger partial charge in [0.15, 0.2) is 0 Å². The Bertz CT molecular complexity index is 1330. The van der Waals surface area contributed by atoms with Gasteiger partial charge in [-0.3, -0.25) is 9.10 Å². The third-order valence-electron chi connectivity index (χ3n) is 5.53. The summed E-state index contributed by atoms with van der Waals surface area (Å²) < 4.78 is 32.8. The molecule has 0 radical (unpaired) electrons. The fourth-order valence-corrected chi connectivity index (χ4v) is 6.31. The summed E-state index contributed by atoms with van der Waals surface area (Å²) in [5.41, 5.74) is 2.86. The second-order valence-electron chi connectivity index (χ2n) is 7.42. The summed E-state index contributed by atoms with van der Waals surface area (Å²) in [7, 11) is -2.54. The normalized spacial score (nSPS) is 13.0. The van der Waals surface area contributed by atoms with Crippen LogP contribution in [0.1, 0.15) is 36.7 Å². The zero-order valence-corrected chi connectivity index (χ0v) is 19.5. The molecule has 1 amide bonds. The van der Waals surface area contributed by atoms with Crippen LogP contribution in [0.15, 0.2) is 53.4 Å². The third kappa shape index (κ3) is 3.78. The molecule has 9 heteroatoms. The molecule has 1 aromatic heterocycles. The smallest absolute Gasteiger partial charge is 0.341 e. The molecule has 0 atom stereocenters. The topological polar surface area (TPSA) is 92.8 Å². The lowest BCUT2D eigenvalue weighted by Gasteiger charge is -2.20. The van der Waals surface area contributed by atoms with Gasteiger partial charge >= 0.3 is 5.97 Å². The Morgan fingerprint density at radius 1 is 1.09 bits per heavy atom. The molecule has 1 aliphatic rings. The van der Waals surface area contributed by atoms with Crippen LogP contribution < -0.4 is 9.62 Å². The van der Waals surface area contributed by atoms with Crippen LogP contribution in [-0.4, -0.2) is 33.9 Å². The van der Waals surface area contributed by atoms with Crippen LogP contribution in [0.2, 0.25) is 0 Å². The largest absolute Gasteiger partial charge is 0.465 e. The van der Waals surface area contributed by atoms with Crippen LogP contribution in [0.25, 0.3) is 0 Å². The summed E-state index contributed by atoms with van der Waals surface area (Å²) in [6, 6.07) is 13.3. The van der Waals surface area contributed by atoms with Crippen molar-refractivity contribution in [3.8, 4) is 0 Å². The number of aryl methyl sites for hydroxylation is 1. The maximum atomic E-state index is 13.3. The van der Waals surface area contributed by atoms with E-state index < -0.39 is 21.9 Å². The van der Waals surface area contributed by atoms with Gasteiger partial charge in [-0.05, 0) is 55.7 Å².